The van der Waals surface area contributed by atoms with Crippen molar-refractivity contribution >= 4 is 18.5 Å². The molecule has 0 aromatic carbocycles. The van der Waals surface area contributed by atoms with Crippen LogP contribution in [0.1, 0.15) is 40.0 Å². The topological polar surface area (TPSA) is 60.4 Å². The molecule has 1 saturated carbocycles. The van der Waals surface area contributed by atoms with Gasteiger partial charge in [-0.05, 0) is 33.1 Å². The summed E-state index contributed by atoms with van der Waals surface area (Å²) < 4.78 is 5.28. The molecule has 90 valence electrons. The van der Waals surface area contributed by atoms with E-state index in [0.29, 0.717) is 12.8 Å². The zero-order chi connectivity index (χ0) is 12.4. The summed E-state index contributed by atoms with van der Waals surface area (Å²) in [4.78, 5) is 32.9. The van der Waals surface area contributed by atoms with Crippen LogP contribution >= 0.6 is 0 Å². The molecule has 2 unspecified atom stereocenters. The number of hydrogen-bond acceptors (Lipinski definition) is 4. The normalized spacial score (nSPS) is 28.3. The van der Waals surface area contributed by atoms with E-state index in [0.717, 1.165) is 12.6 Å². The zero-order valence-corrected chi connectivity index (χ0v) is 9.99. The van der Waals surface area contributed by atoms with Crippen LogP contribution in [0.15, 0.2) is 0 Å². The highest BCUT2D eigenvalue weighted by molar-refractivity contribution is 5.84. The van der Waals surface area contributed by atoms with Gasteiger partial charge in [0.15, 0.2) is 0 Å². The Morgan fingerprint density at radius 1 is 1.38 bits per heavy atom. The van der Waals surface area contributed by atoms with E-state index in [1.807, 2.05) is 0 Å². The average Bonchev–Trinajstić information content (AvgIpc) is 2.78. The first kappa shape index (κ1) is 12.9. The van der Waals surface area contributed by atoms with E-state index in [1.54, 1.807) is 20.8 Å². The quantitative estimate of drug-likeness (QED) is 0.526. The van der Waals surface area contributed by atoms with Crippen molar-refractivity contribution in [2.45, 2.75) is 45.6 Å². The lowest BCUT2D eigenvalue weighted by molar-refractivity contribution is -0.163. The molecule has 4 heteroatoms. The smallest absolute Gasteiger partial charge is 0.313 e. The Labute approximate surface area is 95.3 Å². The minimum atomic E-state index is -0.726. The van der Waals surface area contributed by atoms with Gasteiger partial charge >= 0.3 is 5.97 Å². The molecule has 0 saturated heterocycles. The van der Waals surface area contributed by atoms with E-state index in [-0.39, 0.29) is 18.3 Å². The first-order valence-electron chi connectivity index (χ1n) is 5.46. The van der Waals surface area contributed by atoms with Gasteiger partial charge in [0.05, 0.1) is 5.41 Å². The summed E-state index contributed by atoms with van der Waals surface area (Å²) >= 11 is 0. The van der Waals surface area contributed by atoms with E-state index in [9.17, 15) is 14.4 Å². The van der Waals surface area contributed by atoms with Crippen molar-refractivity contribution in [3.05, 3.63) is 0 Å². The maximum absolute atomic E-state index is 11.9. The van der Waals surface area contributed by atoms with Crippen molar-refractivity contribution in [3.8, 4) is 0 Å². The first-order valence-corrected chi connectivity index (χ1v) is 5.46. The summed E-state index contributed by atoms with van der Waals surface area (Å²) in [6, 6.07) is 0. The third kappa shape index (κ3) is 2.68. The van der Waals surface area contributed by atoms with Gasteiger partial charge in [0.1, 0.15) is 18.2 Å². The van der Waals surface area contributed by atoms with E-state index in [1.165, 1.54) is 0 Å². The fraction of sp³-hybridized carbons (Fsp3) is 0.750. The lowest BCUT2D eigenvalue weighted by Gasteiger charge is -2.23. The monoisotopic (exact) mass is 226 g/mol. The summed E-state index contributed by atoms with van der Waals surface area (Å²) in [6.45, 7) is 5.36. The second kappa shape index (κ2) is 4.36. The maximum atomic E-state index is 11.9. The van der Waals surface area contributed by atoms with Crippen LogP contribution in [0.3, 0.4) is 0 Å². The number of carbonyl (C=O) groups is 3. The number of hydrogen-bond donors (Lipinski definition) is 0. The van der Waals surface area contributed by atoms with Gasteiger partial charge in [0, 0.05) is 12.8 Å². The zero-order valence-electron chi connectivity index (χ0n) is 9.99. The summed E-state index contributed by atoms with van der Waals surface area (Å²) in [5, 5.41) is 0. The number of aldehydes is 2. The molecule has 0 aliphatic heterocycles. The highest BCUT2D eigenvalue weighted by atomic mass is 16.6. The molecule has 0 aromatic rings. The Bertz CT molecular complexity index is 303. The van der Waals surface area contributed by atoms with Crippen molar-refractivity contribution in [3.63, 3.8) is 0 Å². The molecule has 0 amide bonds. The second-order valence-electron chi connectivity index (χ2n) is 5.33. The van der Waals surface area contributed by atoms with Gasteiger partial charge < -0.3 is 14.3 Å². The standard InChI is InChI=1S/C12H18O4/c1-11(2,3)16-10(15)12(5-7-14)8-9(12)4-6-13/h6-7,9H,4-5,8H2,1-3H3. The molecule has 1 aliphatic carbocycles. The van der Waals surface area contributed by atoms with Gasteiger partial charge in [-0.1, -0.05) is 0 Å². The molecular formula is C12H18O4. The molecule has 0 heterocycles. The van der Waals surface area contributed by atoms with Crippen LogP contribution in [0.2, 0.25) is 0 Å². The van der Waals surface area contributed by atoms with Crippen LogP contribution in [0.25, 0.3) is 0 Å². The van der Waals surface area contributed by atoms with Crippen molar-refractivity contribution in [1.29, 1.82) is 0 Å². The SMILES string of the molecule is CC(C)(C)OC(=O)C1(CC=O)CC1CC=O. The molecule has 0 radical (unpaired) electrons. The summed E-state index contributed by atoms with van der Waals surface area (Å²) in [7, 11) is 0. The number of esters is 1. The highest BCUT2D eigenvalue weighted by Crippen LogP contribution is 2.57. The maximum Gasteiger partial charge on any atom is 0.313 e. The van der Waals surface area contributed by atoms with Crippen LogP contribution in [0, 0.1) is 11.3 Å². The van der Waals surface area contributed by atoms with Crippen molar-refractivity contribution in [2.75, 3.05) is 0 Å². The predicted octanol–water partition coefficient (Wildman–Crippen LogP) is 1.51. The molecule has 0 bridgehead atoms. The van der Waals surface area contributed by atoms with Gasteiger partial charge in [-0.3, -0.25) is 4.79 Å². The molecule has 1 fully saturated rings. The third-order valence-corrected chi connectivity index (χ3v) is 2.87. The van der Waals surface area contributed by atoms with E-state index in [4.69, 9.17) is 4.74 Å². The number of ether oxygens (including phenoxy) is 1. The molecular weight excluding hydrogens is 208 g/mol. The van der Waals surface area contributed by atoms with E-state index < -0.39 is 11.0 Å². The molecule has 1 rings (SSSR count). The van der Waals surface area contributed by atoms with Crippen LogP contribution in [-0.2, 0) is 19.1 Å². The van der Waals surface area contributed by atoms with Gasteiger partial charge in [0.25, 0.3) is 0 Å². The fourth-order valence-electron chi connectivity index (χ4n) is 1.92. The minimum Gasteiger partial charge on any atom is -0.460 e. The minimum absolute atomic E-state index is 0.0231. The number of rotatable bonds is 5. The van der Waals surface area contributed by atoms with E-state index in [2.05, 4.69) is 0 Å². The number of carbonyl (C=O) groups excluding carboxylic acids is 3. The third-order valence-electron chi connectivity index (χ3n) is 2.87. The van der Waals surface area contributed by atoms with E-state index >= 15 is 0 Å². The van der Waals surface area contributed by atoms with Crippen LogP contribution in [0.5, 0.6) is 0 Å². The van der Waals surface area contributed by atoms with Gasteiger partial charge in [0.2, 0.25) is 0 Å². The van der Waals surface area contributed by atoms with Crippen molar-refractivity contribution in [1.82, 2.24) is 0 Å². The summed E-state index contributed by atoms with van der Waals surface area (Å²) in [5.74, 6) is -0.371. The summed E-state index contributed by atoms with van der Waals surface area (Å²) in [5.41, 5.74) is -1.28. The fourth-order valence-corrected chi connectivity index (χ4v) is 1.92. The van der Waals surface area contributed by atoms with Gasteiger partial charge in [-0.15, -0.1) is 0 Å². The summed E-state index contributed by atoms with van der Waals surface area (Å²) in [6.07, 6.45) is 2.59. The molecule has 16 heavy (non-hydrogen) atoms. The lowest BCUT2D eigenvalue weighted by atomic mass is 9.98. The van der Waals surface area contributed by atoms with Crippen LogP contribution < -0.4 is 0 Å². The highest BCUT2D eigenvalue weighted by Gasteiger charge is 2.60. The first-order chi connectivity index (χ1) is 7.35. The Morgan fingerprint density at radius 2 is 2.00 bits per heavy atom. The largest absolute Gasteiger partial charge is 0.460 e. The molecule has 1 aliphatic rings. The Hall–Kier alpha value is -1.19. The van der Waals surface area contributed by atoms with Gasteiger partial charge in [-0.25, -0.2) is 0 Å². The van der Waals surface area contributed by atoms with Crippen molar-refractivity contribution < 1.29 is 19.1 Å². The van der Waals surface area contributed by atoms with Crippen molar-refractivity contribution in [2.24, 2.45) is 11.3 Å². The second-order valence-corrected chi connectivity index (χ2v) is 5.33. The predicted molar refractivity (Wildman–Crippen MR) is 57.7 cm³/mol. The lowest BCUT2D eigenvalue weighted by Crippen LogP contribution is -2.31. The van der Waals surface area contributed by atoms with Crippen LogP contribution in [0.4, 0.5) is 0 Å². The molecule has 0 spiro atoms. The Morgan fingerprint density at radius 3 is 2.44 bits per heavy atom. The Balaban J connectivity index is 2.69. The molecule has 4 nitrogen and oxygen atoms in total. The molecule has 2 atom stereocenters. The van der Waals surface area contributed by atoms with Gasteiger partial charge in [-0.2, -0.15) is 0 Å². The molecule has 0 N–H and O–H groups in total. The average molecular weight is 226 g/mol. The molecule has 0 aromatic heterocycles. The van der Waals surface area contributed by atoms with Crippen LogP contribution in [-0.4, -0.2) is 24.1 Å². The Kier molecular flexibility index (Phi) is 3.51.